The first-order valence-corrected chi connectivity index (χ1v) is 8.56. The van der Waals surface area contributed by atoms with Crippen molar-refractivity contribution < 1.29 is 9.47 Å². The van der Waals surface area contributed by atoms with Crippen LogP contribution < -0.4 is 14.8 Å². The molecule has 0 aromatic heterocycles. The van der Waals surface area contributed by atoms with Crippen molar-refractivity contribution in [3.63, 3.8) is 0 Å². The topological polar surface area (TPSA) is 30.5 Å². The number of aryl methyl sites for hydroxylation is 1. The Bertz CT molecular complexity index is 642. The number of hydrogen-bond donors (Lipinski definition) is 1. The minimum absolute atomic E-state index is 0.0897. The molecule has 0 fully saturated rings. The molecule has 1 N–H and O–H groups in total. The van der Waals surface area contributed by atoms with Crippen LogP contribution in [0, 0.1) is 6.92 Å². The Kier molecular flexibility index (Phi) is 6.27. The molecule has 0 saturated carbocycles. The summed E-state index contributed by atoms with van der Waals surface area (Å²) >= 11 is 0. The van der Waals surface area contributed by atoms with E-state index in [4.69, 9.17) is 9.47 Å². The van der Waals surface area contributed by atoms with Crippen molar-refractivity contribution in [1.82, 2.24) is 5.32 Å². The van der Waals surface area contributed by atoms with Crippen LogP contribution in [0.4, 0.5) is 0 Å². The summed E-state index contributed by atoms with van der Waals surface area (Å²) in [5.41, 5.74) is 3.69. The molecule has 2 aromatic carbocycles. The maximum Gasteiger partial charge on any atom is 0.161 e. The van der Waals surface area contributed by atoms with Crippen molar-refractivity contribution in [1.29, 1.82) is 0 Å². The summed E-state index contributed by atoms with van der Waals surface area (Å²) < 4.78 is 11.7. The Morgan fingerprint density at radius 3 is 2.17 bits per heavy atom. The number of nitrogens with one attached hydrogen (secondary N) is 1. The van der Waals surface area contributed by atoms with E-state index in [-0.39, 0.29) is 5.54 Å². The van der Waals surface area contributed by atoms with E-state index >= 15 is 0 Å². The normalized spacial score (nSPS) is 11.4. The van der Waals surface area contributed by atoms with Crippen LogP contribution in [0.5, 0.6) is 11.5 Å². The predicted octanol–water partition coefficient (Wildman–Crippen LogP) is 4.86. The molecule has 3 heteroatoms. The molecule has 0 saturated heterocycles. The summed E-state index contributed by atoms with van der Waals surface area (Å²) in [6.07, 6.45) is 0. The van der Waals surface area contributed by atoms with E-state index in [0.29, 0.717) is 13.2 Å². The summed E-state index contributed by atoms with van der Waals surface area (Å²) in [6.45, 7) is 12.5. The largest absolute Gasteiger partial charge is 0.490 e. The summed E-state index contributed by atoms with van der Waals surface area (Å²) in [5, 5.41) is 3.49. The third-order valence-electron chi connectivity index (χ3n) is 3.65. The monoisotopic (exact) mass is 327 g/mol. The van der Waals surface area contributed by atoms with Gasteiger partial charge in [-0.3, -0.25) is 0 Å². The van der Waals surface area contributed by atoms with E-state index in [1.54, 1.807) is 0 Å². The highest BCUT2D eigenvalue weighted by molar-refractivity contribution is 5.43. The molecule has 0 atom stereocenters. The van der Waals surface area contributed by atoms with Gasteiger partial charge in [-0.05, 0) is 57.9 Å². The van der Waals surface area contributed by atoms with Crippen LogP contribution in [0.15, 0.2) is 42.5 Å². The van der Waals surface area contributed by atoms with Crippen molar-refractivity contribution in [3.8, 4) is 11.5 Å². The van der Waals surface area contributed by atoms with Gasteiger partial charge in [-0.15, -0.1) is 0 Å². The van der Waals surface area contributed by atoms with Crippen LogP contribution in [0.3, 0.4) is 0 Å². The smallest absolute Gasteiger partial charge is 0.161 e. The molecule has 0 amide bonds. The molecule has 2 rings (SSSR count). The van der Waals surface area contributed by atoms with Gasteiger partial charge < -0.3 is 14.8 Å². The molecule has 3 nitrogen and oxygen atoms in total. The van der Waals surface area contributed by atoms with Crippen molar-refractivity contribution >= 4 is 0 Å². The van der Waals surface area contributed by atoms with Gasteiger partial charge in [0.1, 0.15) is 6.61 Å². The number of hydrogen-bond acceptors (Lipinski definition) is 3. The van der Waals surface area contributed by atoms with Gasteiger partial charge in [-0.2, -0.15) is 0 Å². The fourth-order valence-electron chi connectivity index (χ4n) is 2.26. The van der Waals surface area contributed by atoms with E-state index in [0.717, 1.165) is 23.6 Å². The maximum absolute atomic E-state index is 5.97. The highest BCUT2D eigenvalue weighted by Gasteiger charge is 2.11. The minimum atomic E-state index is 0.0897. The zero-order valence-corrected chi connectivity index (χ0v) is 15.5. The molecular weight excluding hydrogens is 298 g/mol. The second-order valence-electron chi connectivity index (χ2n) is 7.09. The molecular formula is C21H29NO2. The lowest BCUT2D eigenvalue weighted by Crippen LogP contribution is -2.35. The van der Waals surface area contributed by atoms with Crippen molar-refractivity contribution in [2.24, 2.45) is 0 Å². The SMILES string of the molecule is CCOc1cc(CNC(C)(C)C)ccc1OCc1ccc(C)cc1. The van der Waals surface area contributed by atoms with Crippen molar-refractivity contribution in [2.75, 3.05) is 6.61 Å². The third-order valence-corrected chi connectivity index (χ3v) is 3.65. The molecule has 24 heavy (non-hydrogen) atoms. The fraction of sp³-hybridized carbons (Fsp3) is 0.429. The van der Waals surface area contributed by atoms with Crippen LogP contribution in [0.25, 0.3) is 0 Å². The number of rotatable bonds is 7. The Labute approximate surface area is 146 Å². The van der Waals surface area contributed by atoms with Crippen LogP contribution >= 0.6 is 0 Å². The van der Waals surface area contributed by atoms with E-state index in [1.165, 1.54) is 11.1 Å². The Morgan fingerprint density at radius 1 is 0.875 bits per heavy atom. The average Bonchev–Trinajstić information content (AvgIpc) is 2.53. The second-order valence-corrected chi connectivity index (χ2v) is 7.09. The van der Waals surface area contributed by atoms with Crippen molar-refractivity contribution in [3.05, 3.63) is 59.2 Å². The molecule has 0 radical (unpaired) electrons. The Hall–Kier alpha value is -2.00. The van der Waals surface area contributed by atoms with Gasteiger partial charge in [-0.1, -0.05) is 35.9 Å². The lowest BCUT2D eigenvalue weighted by atomic mass is 10.1. The summed E-state index contributed by atoms with van der Waals surface area (Å²) in [5.74, 6) is 1.59. The van der Waals surface area contributed by atoms with Crippen LogP contribution in [-0.4, -0.2) is 12.1 Å². The minimum Gasteiger partial charge on any atom is -0.490 e. The molecule has 130 valence electrons. The van der Waals surface area contributed by atoms with E-state index in [1.807, 2.05) is 13.0 Å². The van der Waals surface area contributed by atoms with E-state index in [9.17, 15) is 0 Å². The zero-order chi connectivity index (χ0) is 17.6. The lowest BCUT2D eigenvalue weighted by molar-refractivity contribution is 0.269. The third kappa shape index (κ3) is 5.89. The average molecular weight is 327 g/mol. The molecule has 2 aromatic rings. The molecule has 0 unspecified atom stereocenters. The first kappa shape index (κ1) is 18.3. The van der Waals surface area contributed by atoms with Crippen LogP contribution in [0.1, 0.15) is 44.4 Å². The van der Waals surface area contributed by atoms with Gasteiger partial charge in [0.25, 0.3) is 0 Å². The molecule has 0 bridgehead atoms. The number of ether oxygens (including phenoxy) is 2. The summed E-state index contributed by atoms with van der Waals surface area (Å²) in [7, 11) is 0. The van der Waals surface area contributed by atoms with E-state index in [2.05, 4.69) is 69.4 Å². The van der Waals surface area contributed by atoms with Gasteiger partial charge in [0.15, 0.2) is 11.5 Å². The summed E-state index contributed by atoms with van der Waals surface area (Å²) in [6, 6.07) is 14.5. The highest BCUT2D eigenvalue weighted by atomic mass is 16.5. The predicted molar refractivity (Wildman–Crippen MR) is 99.7 cm³/mol. The van der Waals surface area contributed by atoms with Gasteiger partial charge in [0.05, 0.1) is 6.61 Å². The number of benzene rings is 2. The first-order chi connectivity index (χ1) is 11.4. The standard InChI is InChI=1S/C21H29NO2/c1-6-23-20-13-18(14-22-21(3,4)5)11-12-19(20)24-15-17-9-7-16(2)8-10-17/h7-13,22H,6,14-15H2,1-5H3. The van der Waals surface area contributed by atoms with Gasteiger partial charge in [0, 0.05) is 12.1 Å². The summed E-state index contributed by atoms with van der Waals surface area (Å²) in [4.78, 5) is 0. The zero-order valence-electron chi connectivity index (χ0n) is 15.5. The van der Waals surface area contributed by atoms with E-state index < -0.39 is 0 Å². The fourth-order valence-corrected chi connectivity index (χ4v) is 2.26. The molecule has 0 aliphatic rings. The lowest BCUT2D eigenvalue weighted by Gasteiger charge is -2.21. The van der Waals surface area contributed by atoms with Crippen LogP contribution in [-0.2, 0) is 13.2 Å². The van der Waals surface area contributed by atoms with Gasteiger partial charge in [0.2, 0.25) is 0 Å². The first-order valence-electron chi connectivity index (χ1n) is 8.56. The quantitative estimate of drug-likeness (QED) is 0.787. The molecule has 0 aliphatic carbocycles. The Morgan fingerprint density at radius 2 is 1.54 bits per heavy atom. The van der Waals surface area contributed by atoms with Crippen LogP contribution in [0.2, 0.25) is 0 Å². The van der Waals surface area contributed by atoms with Gasteiger partial charge in [-0.25, -0.2) is 0 Å². The Balaban J connectivity index is 2.06. The van der Waals surface area contributed by atoms with Crippen molar-refractivity contribution in [2.45, 2.75) is 53.3 Å². The highest BCUT2D eigenvalue weighted by Crippen LogP contribution is 2.29. The molecule has 0 spiro atoms. The molecule has 0 aliphatic heterocycles. The van der Waals surface area contributed by atoms with Gasteiger partial charge >= 0.3 is 0 Å². The maximum atomic E-state index is 5.97. The second kappa shape index (κ2) is 8.20. The molecule has 0 heterocycles.